The largest absolute Gasteiger partial charge is 0.0622 e. The summed E-state index contributed by atoms with van der Waals surface area (Å²) in [7, 11) is 0. The quantitative estimate of drug-likeness (QED) is 0.111. The lowest BCUT2D eigenvalue weighted by molar-refractivity contribution is 1.65. The highest BCUT2D eigenvalue weighted by atomic mass is 14.3. The molecule has 12 rings (SSSR count). The maximum atomic E-state index is 2.39. The van der Waals surface area contributed by atoms with Crippen LogP contribution in [0.5, 0.6) is 0 Å². The van der Waals surface area contributed by atoms with Gasteiger partial charge in [-0.25, -0.2) is 0 Å². The van der Waals surface area contributed by atoms with Crippen molar-refractivity contribution in [1.29, 1.82) is 0 Å². The lowest BCUT2D eigenvalue weighted by Gasteiger charge is -2.23. The lowest BCUT2D eigenvalue weighted by Crippen LogP contribution is -1.95. The van der Waals surface area contributed by atoms with Gasteiger partial charge in [0.15, 0.2) is 0 Å². The van der Waals surface area contributed by atoms with Crippen molar-refractivity contribution >= 4 is 88.9 Å². The highest BCUT2D eigenvalue weighted by Crippen LogP contribution is 2.51. The fourth-order valence-electron chi connectivity index (χ4n) is 10.2. The van der Waals surface area contributed by atoms with E-state index in [4.69, 9.17) is 0 Å². The molecule has 0 atom stereocenters. The van der Waals surface area contributed by atoms with Crippen LogP contribution in [-0.2, 0) is 0 Å². The Morgan fingerprint density at radius 3 is 0.766 bits per heavy atom. The van der Waals surface area contributed by atoms with Crippen molar-refractivity contribution < 1.29 is 0 Å². The third-order valence-electron chi connectivity index (χ3n) is 13.0. The molecule has 0 saturated heterocycles. The van der Waals surface area contributed by atoms with Gasteiger partial charge in [0.2, 0.25) is 0 Å². The first-order chi connectivity index (χ1) is 31.8. The van der Waals surface area contributed by atoms with E-state index in [1.165, 1.54) is 120 Å². The summed E-state index contributed by atoms with van der Waals surface area (Å²) in [4.78, 5) is 0. The van der Waals surface area contributed by atoms with Crippen molar-refractivity contribution in [2.75, 3.05) is 0 Å². The van der Waals surface area contributed by atoms with Crippen molar-refractivity contribution in [3.8, 4) is 33.4 Å². The van der Waals surface area contributed by atoms with Crippen LogP contribution in [0.1, 0.15) is 22.3 Å². The van der Waals surface area contributed by atoms with E-state index in [1.807, 2.05) is 0 Å². The fourth-order valence-corrected chi connectivity index (χ4v) is 10.2. The molecular formula is C64H42. The van der Waals surface area contributed by atoms with Crippen LogP contribution >= 0.6 is 0 Å². The zero-order chi connectivity index (χ0) is 42.4. The average Bonchev–Trinajstić information content (AvgIpc) is 3.36. The first kappa shape index (κ1) is 37.4. The van der Waals surface area contributed by atoms with Crippen molar-refractivity contribution in [1.82, 2.24) is 0 Å². The van der Waals surface area contributed by atoms with Crippen molar-refractivity contribution in [3.63, 3.8) is 0 Å². The molecule has 0 aliphatic carbocycles. The molecule has 0 heterocycles. The van der Waals surface area contributed by atoms with Crippen LogP contribution in [0.15, 0.2) is 231 Å². The minimum Gasteiger partial charge on any atom is -0.0622 e. The van der Waals surface area contributed by atoms with Gasteiger partial charge >= 0.3 is 0 Å². The molecule has 0 aliphatic rings. The molecule has 12 aromatic carbocycles. The van der Waals surface area contributed by atoms with E-state index in [1.54, 1.807) is 0 Å². The second kappa shape index (κ2) is 15.9. The van der Waals surface area contributed by atoms with Crippen molar-refractivity contribution in [3.05, 3.63) is 253 Å². The third kappa shape index (κ3) is 6.48. The molecule has 0 N–H and O–H groups in total. The third-order valence-corrected chi connectivity index (χ3v) is 13.0. The second-order valence-electron chi connectivity index (χ2n) is 16.7. The minimum atomic E-state index is 1.18. The predicted molar refractivity (Wildman–Crippen MR) is 279 cm³/mol. The maximum absolute atomic E-state index is 2.39. The first-order valence-electron chi connectivity index (χ1n) is 22.2. The summed E-state index contributed by atoms with van der Waals surface area (Å²) in [6.45, 7) is 0. The maximum Gasteiger partial charge on any atom is -0.00139 e. The Labute approximate surface area is 373 Å². The topological polar surface area (TPSA) is 0 Å². The Balaban J connectivity index is 1.15. The molecule has 0 heteroatoms. The van der Waals surface area contributed by atoms with Crippen LogP contribution in [0.3, 0.4) is 0 Å². The van der Waals surface area contributed by atoms with Crippen molar-refractivity contribution in [2.24, 2.45) is 0 Å². The Morgan fingerprint density at radius 2 is 0.438 bits per heavy atom. The van der Waals surface area contributed by atoms with E-state index in [0.29, 0.717) is 0 Å². The molecule has 0 bridgehead atoms. The number of hydrogen-bond donors (Lipinski definition) is 0. The SMILES string of the molecule is C(=Cc1cc(-c2c3ccccc3c(-c3c4ccccc4c(-c4cc(C=Cc5ccccc5)cc5ccccc45)c4ccccc34)c3ccccc23)c2ccccc2c1)c1ccccc1. The molecule has 0 aromatic heterocycles. The molecule has 0 unspecified atom stereocenters. The number of rotatable bonds is 7. The van der Waals surface area contributed by atoms with Gasteiger partial charge in [0.05, 0.1) is 0 Å². The average molecular weight is 811 g/mol. The Kier molecular flexibility index (Phi) is 9.28. The predicted octanol–water partition coefficient (Wildman–Crippen LogP) is 17.9. The van der Waals surface area contributed by atoms with Crippen LogP contribution < -0.4 is 0 Å². The molecule has 0 radical (unpaired) electrons. The van der Waals surface area contributed by atoms with Crippen LogP contribution in [-0.4, -0.2) is 0 Å². The molecule has 12 aromatic rings. The van der Waals surface area contributed by atoms with E-state index in [9.17, 15) is 0 Å². The van der Waals surface area contributed by atoms with Crippen LogP contribution in [0.25, 0.3) is 122 Å². The molecular weight excluding hydrogens is 769 g/mol. The van der Waals surface area contributed by atoms with Gasteiger partial charge in [-0.2, -0.15) is 0 Å². The van der Waals surface area contributed by atoms with E-state index >= 15 is 0 Å². The first-order valence-corrected chi connectivity index (χ1v) is 22.2. The summed E-state index contributed by atoms with van der Waals surface area (Å²) in [6, 6.07) is 84.6. The Hall–Kier alpha value is -8.32. The number of hydrogen-bond acceptors (Lipinski definition) is 0. The summed E-state index contributed by atoms with van der Waals surface area (Å²) in [5.74, 6) is 0. The zero-order valence-corrected chi connectivity index (χ0v) is 35.2. The molecule has 0 nitrogen and oxygen atoms in total. The van der Waals surface area contributed by atoms with Crippen LogP contribution in [0, 0.1) is 0 Å². The van der Waals surface area contributed by atoms with E-state index in [-0.39, 0.29) is 0 Å². The van der Waals surface area contributed by atoms with E-state index in [0.717, 1.165) is 0 Å². The minimum absolute atomic E-state index is 1.18. The second-order valence-corrected chi connectivity index (χ2v) is 16.7. The summed E-state index contributed by atoms with van der Waals surface area (Å²) in [6.07, 6.45) is 8.94. The summed E-state index contributed by atoms with van der Waals surface area (Å²) < 4.78 is 0. The monoisotopic (exact) mass is 810 g/mol. The van der Waals surface area contributed by atoms with Gasteiger partial charge in [0.1, 0.15) is 0 Å². The summed E-state index contributed by atoms with van der Waals surface area (Å²) in [5, 5.41) is 14.9. The summed E-state index contributed by atoms with van der Waals surface area (Å²) in [5.41, 5.74) is 12.3. The Morgan fingerprint density at radius 1 is 0.188 bits per heavy atom. The normalized spacial score (nSPS) is 11.9. The van der Waals surface area contributed by atoms with Gasteiger partial charge in [-0.15, -0.1) is 0 Å². The number of benzene rings is 12. The lowest BCUT2D eigenvalue weighted by atomic mass is 9.80. The molecule has 0 aliphatic heterocycles. The fraction of sp³-hybridized carbons (Fsp3) is 0. The van der Waals surface area contributed by atoms with E-state index in [2.05, 4.69) is 255 Å². The van der Waals surface area contributed by atoms with Gasteiger partial charge in [0.25, 0.3) is 0 Å². The van der Waals surface area contributed by atoms with E-state index < -0.39 is 0 Å². The molecule has 0 amide bonds. The van der Waals surface area contributed by atoms with Crippen LogP contribution in [0.4, 0.5) is 0 Å². The van der Waals surface area contributed by atoms with Gasteiger partial charge < -0.3 is 0 Å². The molecule has 298 valence electrons. The smallest absolute Gasteiger partial charge is 0.00139 e. The van der Waals surface area contributed by atoms with Crippen LogP contribution in [0.2, 0.25) is 0 Å². The van der Waals surface area contributed by atoms with Gasteiger partial charge in [0, 0.05) is 0 Å². The highest BCUT2D eigenvalue weighted by molar-refractivity contribution is 6.31. The van der Waals surface area contributed by atoms with Crippen molar-refractivity contribution in [2.45, 2.75) is 0 Å². The van der Waals surface area contributed by atoms with Gasteiger partial charge in [-0.05, 0) is 145 Å². The number of fused-ring (bicyclic) bond motifs is 6. The van der Waals surface area contributed by atoms with Gasteiger partial charge in [-0.3, -0.25) is 0 Å². The Bertz CT molecular complexity index is 3450. The standard InChI is InChI=1S/C64H42/c1-3-19-43(20-4-1)35-37-45-39-47-23-7-9-25-49(47)59(41-45)61-51-27-11-15-31-55(51)63(56-32-16-12-28-52(56)61)64-57-33-17-13-29-53(57)62(54-30-14-18-34-58(54)64)60-42-46(38-36-44-21-5-2-6-22-44)40-48-24-8-10-26-50(48)60/h1-42H. The molecule has 0 spiro atoms. The molecule has 0 fully saturated rings. The summed E-state index contributed by atoms with van der Waals surface area (Å²) >= 11 is 0. The molecule has 0 saturated carbocycles. The zero-order valence-electron chi connectivity index (χ0n) is 35.2. The highest BCUT2D eigenvalue weighted by Gasteiger charge is 2.23. The van der Waals surface area contributed by atoms with Gasteiger partial charge in [-0.1, -0.05) is 231 Å². The molecule has 64 heavy (non-hydrogen) atoms.